The van der Waals surface area contributed by atoms with Crippen molar-refractivity contribution in [3.8, 4) is 5.69 Å². The van der Waals surface area contributed by atoms with E-state index in [4.69, 9.17) is 0 Å². The highest BCUT2D eigenvalue weighted by Crippen LogP contribution is 2.09. The van der Waals surface area contributed by atoms with E-state index >= 15 is 0 Å². The molecule has 0 aliphatic rings. The van der Waals surface area contributed by atoms with E-state index in [9.17, 15) is 0 Å². The Hall–Kier alpha value is -1.57. The Balaban J connectivity index is 0.000000531. The second-order valence-corrected chi connectivity index (χ2v) is 3.26. The molecule has 0 N–H and O–H groups in total. The zero-order valence-electron chi connectivity index (χ0n) is 9.86. The molecule has 1 aromatic heterocycles. The first-order chi connectivity index (χ1) is 7.25. The predicted octanol–water partition coefficient (Wildman–Crippen LogP) is 3.52. The van der Waals surface area contributed by atoms with Gasteiger partial charge in [0.25, 0.3) is 0 Å². The molecule has 0 radical (unpaired) electrons. The van der Waals surface area contributed by atoms with Gasteiger partial charge in [-0.15, -0.1) is 0 Å². The van der Waals surface area contributed by atoms with Crippen molar-refractivity contribution in [3.63, 3.8) is 0 Å². The lowest BCUT2D eigenvalue weighted by atomic mass is 10.2. The van der Waals surface area contributed by atoms with Gasteiger partial charge in [-0.3, -0.25) is 0 Å². The number of rotatable bonds is 1. The summed E-state index contributed by atoms with van der Waals surface area (Å²) in [6.45, 7) is 8.08. The summed E-state index contributed by atoms with van der Waals surface area (Å²) in [6.07, 6.45) is 3.85. The summed E-state index contributed by atoms with van der Waals surface area (Å²) < 4.78 is 2.02. The monoisotopic (exact) mass is 202 g/mol. The molecule has 80 valence electrons. The van der Waals surface area contributed by atoms with Crippen LogP contribution in [0.4, 0.5) is 0 Å². The molecule has 2 aromatic rings. The highest BCUT2D eigenvalue weighted by Gasteiger charge is 1.95. The molecule has 0 unspecified atom stereocenters. The minimum absolute atomic E-state index is 1.04. The third-order valence-corrected chi connectivity index (χ3v) is 2.04. The van der Waals surface area contributed by atoms with Gasteiger partial charge in [0, 0.05) is 11.9 Å². The number of hydrogen-bond acceptors (Lipinski definition) is 1. The van der Waals surface area contributed by atoms with Crippen LogP contribution in [0.15, 0.2) is 36.8 Å². The van der Waals surface area contributed by atoms with Crippen molar-refractivity contribution in [2.75, 3.05) is 0 Å². The third kappa shape index (κ3) is 2.94. The normalized spacial score (nSPS) is 9.33. The molecule has 0 saturated carbocycles. The van der Waals surface area contributed by atoms with E-state index in [1.807, 2.05) is 37.9 Å². The van der Waals surface area contributed by atoms with Crippen LogP contribution >= 0.6 is 0 Å². The average molecular weight is 202 g/mol. The fraction of sp³-hybridized carbons (Fsp3) is 0.308. The van der Waals surface area contributed by atoms with E-state index in [0.29, 0.717) is 0 Å². The van der Waals surface area contributed by atoms with Crippen molar-refractivity contribution in [1.82, 2.24) is 9.55 Å². The van der Waals surface area contributed by atoms with Crippen molar-refractivity contribution in [2.45, 2.75) is 27.7 Å². The topological polar surface area (TPSA) is 17.8 Å². The molecule has 2 rings (SSSR count). The molecule has 0 aliphatic heterocycles. The lowest BCUT2D eigenvalue weighted by Gasteiger charge is -2.01. The Morgan fingerprint density at radius 1 is 1.00 bits per heavy atom. The van der Waals surface area contributed by atoms with Gasteiger partial charge in [0.15, 0.2) is 0 Å². The molecule has 1 heterocycles. The van der Waals surface area contributed by atoms with E-state index in [-0.39, 0.29) is 0 Å². The second kappa shape index (κ2) is 5.35. The first-order valence-electron chi connectivity index (χ1n) is 5.33. The molecule has 15 heavy (non-hydrogen) atoms. The summed E-state index contributed by atoms with van der Waals surface area (Å²) in [5, 5.41) is 0. The van der Waals surface area contributed by atoms with Gasteiger partial charge in [-0.1, -0.05) is 31.5 Å². The Morgan fingerprint density at radius 3 is 2.07 bits per heavy atom. The lowest BCUT2D eigenvalue weighted by Crippen LogP contribution is -1.88. The smallest absolute Gasteiger partial charge is 0.0995 e. The summed E-state index contributed by atoms with van der Waals surface area (Å²) in [6, 6.07) is 8.39. The molecule has 0 aliphatic carbocycles. The second-order valence-electron chi connectivity index (χ2n) is 3.26. The van der Waals surface area contributed by atoms with E-state index in [1.165, 1.54) is 5.56 Å². The van der Waals surface area contributed by atoms with E-state index in [0.717, 1.165) is 11.4 Å². The Bertz CT molecular complexity index is 399. The maximum Gasteiger partial charge on any atom is 0.0995 e. The first kappa shape index (κ1) is 11.5. The Kier molecular flexibility index (Phi) is 4.10. The highest BCUT2D eigenvalue weighted by molar-refractivity contribution is 5.34. The number of hydrogen-bond donors (Lipinski definition) is 0. The molecule has 0 spiro atoms. The minimum atomic E-state index is 1.04. The lowest BCUT2D eigenvalue weighted by molar-refractivity contribution is 1.05. The van der Waals surface area contributed by atoms with Gasteiger partial charge < -0.3 is 4.57 Å². The summed E-state index contributed by atoms with van der Waals surface area (Å²) in [5.41, 5.74) is 3.48. The third-order valence-electron chi connectivity index (χ3n) is 2.04. The number of aryl methyl sites for hydroxylation is 2. The van der Waals surface area contributed by atoms with Crippen LogP contribution in [0.25, 0.3) is 5.69 Å². The first-order valence-corrected chi connectivity index (χ1v) is 5.33. The molecule has 2 heteroatoms. The fourth-order valence-electron chi connectivity index (χ4n) is 1.28. The minimum Gasteiger partial charge on any atom is -0.306 e. The largest absolute Gasteiger partial charge is 0.306 e. The van der Waals surface area contributed by atoms with Crippen molar-refractivity contribution < 1.29 is 0 Å². The number of aromatic nitrogens is 2. The van der Waals surface area contributed by atoms with Crippen LogP contribution in [-0.2, 0) is 0 Å². The summed E-state index contributed by atoms with van der Waals surface area (Å²) in [7, 11) is 0. The number of benzene rings is 1. The Morgan fingerprint density at radius 2 is 1.60 bits per heavy atom. The molecular formula is C13H18N2. The molecule has 0 saturated heterocycles. The SMILES string of the molecule is CC.Cc1ccc(-n2cnc(C)c2)cc1. The van der Waals surface area contributed by atoms with Crippen LogP contribution < -0.4 is 0 Å². The van der Waals surface area contributed by atoms with E-state index in [1.54, 1.807) is 0 Å². The molecular weight excluding hydrogens is 184 g/mol. The van der Waals surface area contributed by atoms with Gasteiger partial charge in [0.2, 0.25) is 0 Å². The fourth-order valence-corrected chi connectivity index (χ4v) is 1.28. The maximum absolute atomic E-state index is 4.18. The number of nitrogens with zero attached hydrogens (tertiary/aromatic N) is 2. The van der Waals surface area contributed by atoms with Crippen LogP contribution in [-0.4, -0.2) is 9.55 Å². The molecule has 0 fully saturated rings. The summed E-state index contributed by atoms with van der Waals surface area (Å²) in [5.74, 6) is 0. The van der Waals surface area contributed by atoms with Crippen LogP contribution in [0.5, 0.6) is 0 Å². The van der Waals surface area contributed by atoms with Gasteiger partial charge in [-0.05, 0) is 26.0 Å². The van der Waals surface area contributed by atoms with Gasteiger partial charge in [-0.2, -0.15) is 0 Å². The highest BCUT2D eigenvalue weighted by atomic mass is 15.0. The zero-order valence-corrected chi connectivity index (χ0v) is 9.86. The van der Waals surface area contributed by atoms with Gasteiger partial charge >= 0.3 is 0 Å². The van der Waals surface area contributed by atoms with Gasteiger partial charge in [-0.25, -0.2) is 4.98 Å². The molecule has 2 nitrogen and oxygen atoms in total. The van der Waals surface area contributed by atoms with Crippen LogP contribution in [0.1, 0.15) is 25.1 Å². The standard InChI is InChI=1S/C11H12N2.C2H6/c1-9-3-5-11(6-4-9)13-7-10(2)12-8-13;1-2/h3-8H,1-2H3;1-2H3. The Labute approximate surface area is 91.6 Å². The molecule has 0 bridgehead atoms. The molecule has 0 amide bonds. The summed E-state index contributed by atoms with van der Waals surface area (Å²) in [4.78, 5) is 4.18. The van der Waals surface area contributed by atoms with Crippen molar-refractivity contribution >= 4 is 0 Å². The van der Waals surface area contributed by atoms with Crippen LogP contribution in [0.2, 0.25) is 0 Å². The number of imidazole rings is 1. The summed E-state index contributed by atoms with van der Waals surface area (Å²) >= 11 is 0. The van der Waals surface area contributed by atoms with E-state index in [2.05, 4.69) is 36.2 Å². The van der Waals surface area contributed by atoms with E-state index < -0.39 is 0 Å². The predicted molar refractivity (Wildman–Crippen MR) is 64.4 cm³/mol. The van der Waals surface area contributed by atoms with Gasteiger partial charge in [0.1, 0.15) is 0 Å². The molecule has 1 aromatic carbocycles. The maximum atomic E-state index is 4.18. The average Bonchev–Trinajstić information content (AvgIpc) is 2.69. The van der Waals surface area contributed by atoms with Crippen LogP contribution in [0, 0.1) is 13.8 Å². The van der Waals surface area contributed by atoms with Crippen molar-refractivity contribution in [2.24, 2.45) is 0 Å². The quantitative estimate of drug-likeness (QED) is 0.692. The van der Waals surface area contributed by atoms with Crippen molar-refractivity contribution in [1.29, 1.82) is 0 Å². The zero-order chi connectivity index (χ0) is 11.3. The van der Waals surface area contributed by atoms with Gasteiger partial charge in [0.05, 0.1) is 12.0 Å². The van der Waals surface area contributed by atoms with Crippen molar-refractivity contribution in [3.05, 3.63) is 48.0 Å². The molecule has 0 atom stereocenters. The van der Waals surface area contributed by atoms with Crippen LogP contribution in [0.3, 0.4) is 0 Å².